The lowest BCUT2D eigenvalue weighted by Crippen LogP contribution is -1.84. The first kappa shape index (κ1) is 20.5. The summed E-state index contributed by atoms with van der Waals surface area (Å²) in [6.45, 7) is 2.11. The molecule has 0 aliphatic carbocycles. The largest absolute Gasteiger partial charge is 0.443 e. The fourth-order valence-electron chi connectivity index (χ4n) is 3.50. The number of fused-ring (bicyclic) bond motifs is 2. The number of hydrogen-bond donors (Lipinski definition) is 0. The van der Waals surface area contributed by atoms with Crippen LogP contribution in [0.15, 0.2) is 112 Å². The number of para-hydroxylation sites is 4. The lowest BCUT2D eigenvalue weighted by molar-refractivity contribution is 0.602. The fourth-order valence-corrected chi connectivity index (χ4v) is 3.50. The number of hydrogen-bond acceptors (Lipinski definition) is 4. The summed E-state index contributed by atoms with van der Waals surface area (Å²) in [6, 6.07) is 32.1. The van der Waals surface area contributed by atoms with Crippen LogP contribution in [-0.2, 0) is 0 Å². The molecule has 4 heteroatoms. The Morgan fingerprint density at radius 2 is 1.42 bits per heavy atom. The quantitative estimate of drug-likeness (QED) is 0.269. The molecule has 0 amide bonds. The van der Waals surface area contributed by atoms with Gasteiger partial charge in [0.25, 0.3) is 0 Å². The Labute approximate surface area is 191 Å². The van der Waals surface area contributed by atoms with Gasteiger partial charge in [0.05, 0.1) is 0 Å². The average molecular weight is 431 g/mol. The lowest BCUT2D eigenvalue weighted by atomic mass is 10.0. The second kappa shape index (κ2) is 9.37. The molecule has 6 rings (SSSR count). The van der Waals surface area contributed by atoms with Gasteiger partial charge in [-0.2, -0.15) is 0 Å². The molecule has 0 spiro atoms. The highest BCUT2D eigenvalue weighted by Crippen LogP contribution is 2.26. The summed E-state index contributed by atoms with van der Waals surface area (Å²) in [6.07, 6.45) is 5.71. The summed E-state index contributed by atoms with van der Waals surface area (Å²) in [4.78, 5) is 8.53. The van der Waals surface area contributed by atoms with Crippen molar-refractivity contribution in [2.45, 2.75) is 6.92 Å². The maximum Gasteiger partial charge on any atom is 0.227 e. The van der Waals surface area contributed by atoms with Crippen LogP contribution in [0.1, 0.15) is 16.7 Å². The van der Waals surface area contributed by atoms with Gasteiger partial charge in [0, 0.05) is 5.56 Å². The number of oxazole rings is 2. The van der Waals surface area contributed by atoms with E-state index < -0.39 is 0 Å². The van der Waals surface area contributed by atoms with Crippen molar-refractivity contribution < 1.29 is 8.83 Å². The molecule has 0 saturated heterocycles. The van der Waals surface area contributed by atoms with Crippen molar-refractivity contribution in [2.24, 2.45) is 0 Å². The summed E-state index contributed by atoms with van der Waals surface area (Å²) < 4.78 is 10.9. The van der Waals surface area contributed by atoms with Crippen LogP contribution < -0.4 is 0 Å². The molecule has 160 valence electrons. The Morgan fingerprint density at radius 3 is 2.21 bits per heavy atom. The zero-order valence-corrected chi connectivity index (χ0v) is 18.2. The third-order valence-corrected chi connectivity index (χ3v) is 5.31. The third kappa shape index (κ3) is 4.75. The van der Waals surface area contributed by atoms with Crippen LogP contribution in [0.2, 0.25) is 0 Å². The topological polar surface area (TPSA) is 52.1 Å². The van der Waals surface area contributed by atoms with Crippen molar-refractivity contribution in [1.29, 1.82) is 0 Å². The molecule has 0 aliphatic heterocycles. The average Bonchev–Trinajstić information content (AvgIpc) is 3.52. The van der Waals surface area contributed by atoms with E-state index in [1.165, 1.54) is 23.1 Å². The van der Waals surface area contributed by atoms with E-state index in [0.717, 1.165) is 27.8 Å². The predicted molar refractivity (Wildman–Crippen MR) is 134 cm³/mol. The summed E-state index contributed by atoms with van der Waals surface area (Å²) in [5, 5.41) is 0. The minimum Gasteiger partial charge on any atom is -0.443 e. The zero-order chi connectivity index (χ0) is 22.5. The number of nitrogens with zero attached hydrogens (tertiary/aromatic N) is 2. The first-order chi connectivity index (χ1) is 16.3. The van der Waals surface area contributed by atoms with Crippen molar-refractivity contribution in [1.82, 2.24) is 9.97 Å². The molecule has 2 heterocycles. The molecule has 4 nitrogen and oxygen atoms in total. The van der Waals surface area contributed by atoms with Gasteiger partial charge < -0.3 is 8.83 Å². The summed E-state index contributed by atoms with van der Waals surface area (Å²) in [5.41, 5.74) is 8.02. The van der Waals surface area contributed by atoms with Gasteiger partial charge in [-0.25, -0.2) is 9.97 Å². The molecule has 2 aromatic heterocycles. The van der Waals surface area contributed by atoms with Gasteiger partial charge in [-0.3, -0.25) is 0 Å². The highest BCUT2D eigenvalue weighted by molar-refractivity contribution is 5.78. The summed E-state index contributed by atoms with van der Waals surface area (Å²) in [5.74, 6) is 0.658. The van der Waals surface area contributed by atoms with E-state index in [0.29, 0.717) is 5.89 Å². The van der Waals surface area contributed by atoms with E-state index in [1.54, 1.807) is 0 Å². The number of aryl methyl sites for hydroxylation is 1. The number of aromatic nitrogens is 2. The summed E-state index contributed by atoms with van der Waals surface area (Å²) in [7, 11) is 0. The second-order valence-corrected chi connectivity index (χ2v) is 7.62. The van der Waals surface area contributed by atoms with Crippen molar-refractivity contribution in [3.63, 3.8) is 0 Å². The summed E-state index contributed by atoms with van der Waals surface area (Å²) >= 11 is 0. The van der Waals surface area contributed by atoms with Crippen LogP contribution in [0.25, 0.3) is 45.8 Å². The minimum atomic E-state index is 0.658. The maximum atomic E-state index is 5.88. The highest BCUT2D eigenvalue weighted by atomic mass is 16.3. The van der Waals surface area contributed by atoms with E-state index in [-0.39, 0.29) is 0 Å². The van der Waals surface area contributed by atoms with Crippen LogP contribution in [0.5, 0.6) is 0 Å². The Kier molecular flexibility index (Phi) is 5.81. The van der Waals surface area contributed by atoms with Crippen LogP contribution in [0.3, 0.4) is 0 Å². The van der Waals surface area contributed by atoms with Gasteiger partial charge in [-0.15, -0.1) is 0 Å². The van der Waals surface area contributed by atoms with Gasteiger partial charge >= 0.3 is 0 Å². The molecule has 33 heavy (non-hydrogen) atoms. The highest BCUT2D eigenvalue weighted by Gasteiger charge is 2.08. The number of rotatable bonds is 3. The smallest absolute Gasteiger partial charge is 0.227 e. The number of benzene rings is 4. The maximum absolute atomic E-state index is 5.88. The van der Waals surface area contributed by atoms with Crippen molar-refractivity contribution in [3.05, 3.63) is 120 Å². The van der Waals surface area contributed by atoms with Crippen molar-refractivity contribution >= 4 is 34.4 Å². The lowest BCUT2D eigenvalue weighted by Gasteiger charge is -2.03. The van der Waals surface area contributed by atoms with E-state index in [9.17, 15) is 0 Å². The molecule has 0 saturated carbocycles. The van der Waals surface area contributed by atoms with E-state index in [2.05, 4.69) is 59.4 Å². The van der Waals surface area contributed by atoms with E-state index in [4.69, 9.17) is 8.83 Å². The Bertz CT molecular complexity index is 1460. The molecule has 0 atom stereocenters. The third-order valence-electron chi connectivity index (χ3n) is 5.31. The van der Waals surface area contributed by atoms with Gasteiger partial charge in [-0.05, 0) is 60.0 Å². The molecule has 4 aromatic carbocycles. The van der Waals surface area contributed by atoms with Gasteiger partial charge in [-0.1, -0.05) is 72.8 Å². The molecule has 0 unspecified atom stereocenters. The molecule has 6 aromatic rings. The van der Waals surface area contributed by atoms with Gasteiger partial charge in [0.1, 0.15) is 11.0 Å². The van der Waals surface area contributed by atoms with Crippen molar-refractivity contribution in [2.75, 3.05) is 0 Å². The van der Waals surface area contributed by atoms with Gasteiger partial charge in [0.2, 0.25) is 5.89 Å². The van der Waals surface area contributed by atoms with Crippen LogP contribution in [0, 0.1) is 6.92 Å². The first-order valence-electron chi connectivity index (χ1n) is 10.7. The SMILES string of the molecule is Cc1ccc(-c2nc3ccccc3o2)cc1C=Cc1ccccc1.c1ccc2ocnc2c1. The molecule has 0 aliphatic rings. The minimum absolute atomic E-state index is 0.658. The predicted octanol–water partition coefficient (Wildman–Crippen LogP) is 7.80. The molecule has 0 radical (unpaired) electrons. The standard InChI is InChI=1S/C22H17NO.C7H5NO/c1-16-11-13-19(22-23-20-9-5-6-10-21(20)24-22)15-18(16)14-12-17-7-3-2-4-8-17;1-2-4-7-6(3-1)8-5-9-7/h2-15H,1H3;1-5H. The molecular formula is C29H22N2O2. The van der Waals surface area contributed by atoms with Crippen LogP contribution in [-0.4, -0.2) is 9.97 Å². The van der Waals surface area contributed by atoms with E-state index in [1.807, 2.05) is 66.7 Å². The van der Waals surface area contributed by atoms with E-state index >= 15 is 0 Å². The Balaban J connectivity index is 0.000000211. The molecule has 0 bridgehead atoms. The van der Waals surface area contributed by atoms with Crippen LogP contribution >= 0.6 is 0 Å². The Hall–Kier alpha value is -4.44. The van der Waals surface area contributed by atoms with Crippen molar-refractivity contribution in [3.8, 4) is 11.5 Å². The molecular weight excluding hydrogens is 408 g/mol. The normalized spacial score (nSPS) is 11.1. The zero-order valence-electron chi connectivity index (χ0n) is 18.2. The molecule has 0 fully saturated rings. The second-order valence-electron chi connectivity index (χ2n) is 7.62. The molecule has 0 N–H and O–H groups in total. The van der Waals surface area contributed by atoms with Crippen LogP contribution in [0.4, 0.5) is 0 Å². The Morgan fingerprint density at radius 1 is 0.697 bits per heavy atom. The monoisotopic (exact) mass is 430 g/mol. The fraction of sp³-hybridized carbons (Fsp3) is 0.0345. The van der Waals surface area contributed by atoms with Gasteiger partial charge in [0.15, 0.2) is 17.6 Å². The first-order valence-corrected chi connectivity index (χ1v) is 10.7.